The predicted octanol–water partition coefficient (Wildman–Crippen LogP) is 6.36. The van der Waals surface area contributed by atoms with E-state index in [2.05, 4.69) is 32.7 Å². The van der Waals surface area contributed by atoms with Crippen molar-refractivity contribution in [2.75, 3.05) is 50.8 Å². The lowest BCUT2D eigenvalue weighted by atomic mass is 9.72. The summed E-state index contributed by atoms with van der Waals surface area (Å²) in [5, 5.41) is 4.01. The van der Waals surface area contributed by atoms with Gasteiger partial charge < -0.3 is 24.6 Å². The number of hydrogen-bond donors (Lipinski definition) is 1. The molecule has 0 radical (unpaired) electrons. The second-order valence-corrected chi connectivity index (χ2v) is 13.6. The highest BCUT2D eigenvalue weighted by molar-refractivity contribution is 9.10. The number of anilines is 1. The Morgan fingerprint density at radius 1 is 1.19 bits per heavy atom. The minimum absolute atomic E-state index is 0.0322. The largest absolute Gasteiger partial charge is 0.481 e. The van der Waals surface area contributed by atoms with Gasteiger partial charge in [0.2, 0.25) is 0 Å². The molecule has 3 saturated heterocycles. The molecule has 0 bridgehead atoms. The fourth-order valence-corrected chi connectivity index (χ4v) is 6.68. The van der Waals surface area contributed by atoms with E-state index in [0.29, 0.717) is 71.1 Å². The van der Waals surface area contributed by atoms with Crippen molar-refractivity contribution in [2.24, 2.45) is 11.3 Å². The van der Waals surface area contributed by atoms with Crippen molar-refractivity contribution in [3.05, 3.63) is 28.5 Å². The summed E-state index contributed by atoms with van der Waals surface area (Å²) in [5.74, 6) is 1.76. The summed E-state index contributed by atoms with van der Waals surface area (Å²) in [6.45, 7) is 12.6. The molecule has 5 rings (SSSR count). The van der Waals surface area contributed by atoms with Crippen LogP contribution in [-0.2, 0) is 11.2 Å². The van der Waals surface area contributed by atoms with E-state index in [9.17, 15) is 18.0 Å². The number of halogens is 4. The first-order valence-electron chi connectivity index (χ1n) is 14.5. The fraction of sp³-hybridized carbons (Fsp3) is 0.633. The molecule has 1 spiro atoms. The predicted molar refractivity (Wildman–Crippen MR) is 160 cm³/mol. The van der Waals surface area contributed by atoms with Gasteiger partial charge in [0, 0.05) is 43.4 Å². The highest BCUT2D eigenvalue weighted by Gasteiger charge is 2.48. The van der Waals surface area contributed by atoms with Crippen LogP contribution < -0.4 is 15.0 Å². The number of amides is 1. The number of rotatable bonds is 6. The first-order chi connectivity index (χ1) is 19.8. The van der Waals surface area contributed by atoms with E-state index in [1.165, 1.54) is 0 Å². The zero-order valence-electron chi connectivity index (χ0n) is 24.4. The number of aromatic nitrogens is 2. The fourth-order valence-electron chi connectivity index (χ4n) is 6.10. The third-order valence-corrected chi connectivity index (χ3v) is 9.12. The smallest absolute Gasteiger partial charge is 0.422 e. The highest BCUT2D eigenvalue weighted by Crippen LogP contribution is 2.45. The van der Waals surface area contributed by atoms with E-state index in [1.54, 1.807) is 11.0 Å². The van der Waals surface area contributed by atoms with Gasteiger partial charge in [-0.25, -0.2) is 14.8 Å². The zero-order valence-corrected chi connectivity index (χ0v) is 26.0. The summed E-state index contributed by atoms with van der Waals surface area (Å²) >= 11 is 3.45. The number of ether oxygens (including phenoxy) is 2. The highest BCUT2D eigenvalue weighted by atomic mass is 79.9. The van der Waals surface area contributed by atoms with Crippen molar-refractivity contribution >= 4 is 44.8 Å². The van der Waals surface area contributed by atoms with Gasteiger partial charge >= 0.3 is 12.3 Å². The van der Waals surface area contributed by atoms with E-state index >= 15 is 0 Å². The molecule has 2 aromatic rings. The normalized spacial score (nSPS) is 19.6. The van der Waals surface area contributed by atoms with Crippen LogP contribution in [-0.4, -0.2) is 78.6 Å². The number of nitrogens with zero attached hydrogens (tertiary/aromatic N) is 4. The van der Waals surface area contributed by atoms with Crippen LogP contribution in [0.2, 0.25) is 0 Å². The number of likely N-dealkylation sites (tertiary alicyclic amines) is 1. The number of piperidine rings is 2. The molecule has 3 aliphatic heterocycles. The van der Waals surface area contributed by atoms with Crippen molar-refractivity contribution in [1.29, 1.82) is 0 Å². The number of carbonyl (C=O) groups is 1. The first kappa shape index (κ1) is 30.8. The van der Waals surface area contributed by atoms with Gasteiger partial charge in [-0.1, -0.05) is 12.7 Å². The van der Waals surface area contributed by atoms with E-state index < -0.39 is 18.4 Å². The standard InChI is InChI=1S/C30H39BrF3N5O3/c1-5-20-15-21-24(25(23(20)31)41-18-30(32,33)34)36-22(14-19-6-10-35-11-7-19)37-26(21)38-12-8-29(9-13-38)16-39(17-29)27(40)42-28(2,3)4/h5,15,19,35H,1,6-14,16-18H2,2-4H3. The molecule has 0 saturated carbocycles. The van der Waals surface area contributed by atoms with Crippen LogP contribution in [0.15, 0.2) is 17.1 Å². The summed E-state index contributed by atoms with van der Waals surface area (Å²) in [6, 6.07) is 1.87. The summed E-state index contributed by atoms with van der Waals surface area (Å²) in [4.78, 5) is 26.3. The van der Waals surface area contributed by atoms with Gasteiger partial charge in [-0.15, -0.1) is 0 Å². The topological polar surface area (TPSA) is 79.8 Å². The third kappa shape index (κ3) is 6.96. The maximum absolute atomic E-state index is 13.2. The molecule has 3 aliphatic rings. The number of hydrogen-bond acceptors (Lipinski definition) is 7. The summed E-state index contributed by atoms with van der Waals surface area (Å²) in [7, 11) is 0. The second-order valence-electron chi connectivity index (χ2n) is 12.8. The molecule has 4 heterocycles. The van der Waals surface area contributed by atoms with Gasteiger partial charge in [-0.05, 0) is 93.0 Å². The lowest BCUT2D eigenvalue weighted by Gasteiger charge is -2.53. The van der Waals surface area contributed by atoms with Crippen molar-refractivity contribution < 1.29 is 27.4 Å². The van der Waals surface area contributed by atoms with Crippen LogP contribution in [0.4, 0.5) is 23.8 Å². The summed E-state index contributed by atoms with van der Waals surface area (Å²) < 4.78 is 51.0. The molecule has 0 atom stereocenters. The third-order valence-electron chi connectivity index (χ3n) is 8.30. The average molecular weight is 655 g/mol. The molecule has 0 aliphatic carbocycles. The van der Waals surface area contributed by atoms with Crippen LogP contribution in [0.3, 0.4) is 0 Å². The second kappa shape index (κ2) is 11.8. The van der Waals surface area contributed by atoms with Gasteiger partial charge in [0.05, 0.1) is 4.47 Å². The molecule has 12 heteroatoms. The lowest BCUT2D eigenvalue weighted by Crippen LogP contribution is -2.62. The zero-order chi connectivity index (χ0) is 30.3. The Bertz CT molecular complexity index is 1320. The van der Waals surface area contributed by atoms with Crippen LogP contribution in [0.5, 0.6) is 5.75 Å². The quantitative estimate of drug-likeness (QED) is 0.389. The van der Waals surface area contributed by atoms with Crippen LogP contribution in [0, 0.1) is 11.3 Å². The molecule has 1 N–H and O–H groups in total. The molecule has 1 aromatic carbocycles. The van der Waals surface area contributed by atoms with Gasteiger partial charge in [-0.2, -0.15) is 13.2 Å². The van der Waals surface area contributed by atoms with Crippen LogP contribution >= 0.6 is 15.9 Å². The maximum atomic E-state index is 13.2. The summed E-state index contributed by atoms with van der Waals surface area (Å²) in [5.41, 5.74) is 0.469. The van der Waals surface area contributed by atoms with Gasteiger partial charge in [0.1, 0.15) is 22.8 Å². The molecule has 3 fully saturated rings. The minimum Gasteiger partial charge on any atom is -0.481 e. The molecule has 8 nitrogen and oxygen atoms in total. The molecule has 1 amide bonds. The van der Waals surface area contributed by atoms with E-state index in [4.69, 9.17) is 19.4 Å². The Hall–Kier alpha value is -2.60. The summed E-state index contributed by atoms with van der Waals surface area (Å²) in [6.07, 6.45) is 1.16. The van der Waals surface area contributed by atoms with Crippen LogP contribution in [0.1, 0.15) is 57.8 Å². The average Bonchev–Trinajstić information content (AvgIpc) is 2.90. The first-order valence-corrected chi connectivity index (χ1v) is 15.3. The number of carbonyl (C=O) groups excluding carboxylic acids is 1. The Kier molecular flexibility index (Phi) is 8.68. The van der Waals surface area contributed by atoms with Crippen molar-refractivity contribution in [3.63, 3.8) is 0 Å². The lowest BCUT2D eigenvalue weighted by molar-refractivity contribution is -0.153. The minimum atomic E-state index is -4.50. The Morgan fingerprint density at radius 3 is 2.45 bits per heavy atom. The molecular formula is C30H39BrF3N5O3. The number of nitrogens with one attached hydrogen (secondary N) is 1. The molecule has 0 unspecified atom stereocenters. The van der Waals surface area contributed by atoms with Gasteiger partial charge in [0.25, 0.3) is 0 Å². The number of benzene rings is 1. The van der Waals surface area contributed by atoms with Gasteiger partial charge in [0.15, 0.2) is 12.4 Å². The number of fused-ring (bicyclic) bond motifs is 1. The molecule has 1 aromatic heterocycles. The molecule has 42 heavy (non-hydrogen) atoms. The van der Waals surface area contributed by atoms with Crippen molar-refractivity contribution in [3.8, 4) is 5.75 Å². The van der Waals surface area contributed by atoms with E-state index in [-0.39, 0.29) is 17.3 Å². The van der Waals surface area contributed by atoms with Gasteiger partial charge in [-0.3, -0.25) is 0 Å². The van der Waals surface area contributed by atoms with Crippen molar-refractivity contribution in [1.82, 2.24) is 20.2 Å². The number of alkyl halides is 3. The maximum Gasteiger partial charge on any atom is 0.422 e. The molecule has 230 valence electrons. The Balaban J connectivity index is 1.44. The van der Waals surface area contributed by atoms with Crippen LogP contribution in [0.25, 0.3) is 17.0 Å². The molecular weight excluding hydrogens is 615 g/mol. The monoisotopic (exact) mass is 653 g/mol. The Morgan fingerprint density at radius 2 is 1.86 bits per heavy atom. The van der Waals surface area contributed by atoms with Crippen molar-refractivity contribution in [2.45, 2.75) is 64.7 Å². The Labute approximate surface area is 253 Å². The SMILES string of the molecule is C=Cc1cc2c(N3CCC4(CC3)CN(C(=O)OC(C)(C)C)C4)nc(CC3CCNCC3)nc2c(OCC(F)(F)F)c1Br. The van der Waals surface area contributed by atoms with E-state index in [1.807, 2.05) is 26.8 Å². The van der Waals surface area contributed by atoms with E-state index in [0.717, 1.165) is 38.8 Å².